The van der Waals surface area contributed by atoms with Crippen molar-refractivity contribution in [1.29, 1.82) is 0 Å². The zero-order valence-electron chi connectivity index (χ0n) is 13.3. The molecule has 0 unspecified atom stereocenters. The summed E-state index contributed by atoms with van der Waals surface area (Å²) >= 11 is 3.24. The largest absolute Gasteiger partial charge is 0.744 e. The van der Waals surface area contributed by atoms with Gasteiger partial charge >= 0.3 is 0 Å². The van der Waals surface area contributed by atoms with Crippen molar-refractivity contribution in [1.82, 2.24) is 0 Å². The van der Waals surface area contributed by atoms with Crippen LogP contribution in [0.15, 0.2) is 40.0 Å². The van der Waals surface area contributed by atoms with E-state index in [1.807, 2.05) is 19.1 Å². The molecule has 1 aromatic carbocycles. The van der Waals surface area contributed by atoms with E-state index in [9.17, 15) is 13.0 Å². The monoisotopic (exact) mass is 402 g/mol. The zero-order chi connectivity index (χ0) is 17.8. The fourth-order valence-corrected chi connectivity index (χ4v) is 3.30. The van der Waals surface area contributed by atoms with Gasteiger partial charge in [-0.15, -0.1) is 0 Å². The third-order valence-corrected chi connectivity index (χ3v) is 4.81. The normalized spacial score (nSPS) is 10.7. The number of benzene rings is 1. The van der Waals surface area contributed by atoms with Gasteiger partial charge in [0.1, 0.15) is 10.1 Å². The van der Waals surface area contributed by atoms with Gasteiger partial charge in [-0.3, -0.25) is 0 Å². The van der Waals surface area contributed by atoms with Crippen LogP contribution in [0.2, 0.25) is 0 Å². The van der Waals surface area contributed by atoms with Gasteiger partial charge in [-0.1, -0.05) is 22.4 Å². The molecular weight excluding hydrogens is 384 g/mol. The highest BCUT2D eigenvalue weighted by molar-refractivity contribution is 9.10. The summed E-state index contributed by atoms with van der Waals surface area (Å²) in [6, 6.07) is 7.03. The number of hydrogen-bond donors (Lipinski definition) is 1. The maximum atomic E-state index is 10.8. The molecule has 0 spiro atoms. The predicted octanol–water partition coefficient (Wildman–Crippen LogP) is 1.97. The van der Waals surface area contributed by atoms with Crippen LogP contribution in [0, 0.1) is 20.8 Å². The molecule has 2 rings (SSSR count). The molecule has 0 amide bonds. The molecule has 0 bridgehead atoms. The van der Waals surface area contributed by atoms with Crippen LogP contribution in [-0.4, -0.2) is 20.1 Å². The predicted molar refractivity (Wildman–Crippen MR) is 89.7 cm³/mol. The summed E-state index contributed by atoms with van der Waals surface area (Å²) in [6.07, 6.45) is 1.68. The van der Waals surface area contributed by atoms with Gasteiger partial charge in [-0.2, -0.15) is 0 Å². The average molecular weight is 403 g/mol. The number of rotatable bonds is 2. The van der Waals surface area contributed by atoms with Gasteiger partial charge in [0.05, 0.1) is 12.0 Å². The van der Waals surface area contributed by atoms with Gasteiger partial charge in [0, 0.05) is 22.0 Å². The van der Waals surface area contributed by atoms with Gasteiger partial charge in [0.25, 0.3) is 4.60 Å². The minimum Gasteiger partial charge on any atom is -0.744 e. The average Bonchev–Trinajstić information content (AvgIpc) is 2.39. The van der Waals surface area contributed by atoms with Crippen LogP contribution in [0.4, 0.5) is 0 Å². The van der Waals surface area contributed by atoms with Gasteiger partial charge < -0.3 is 9.29 Å². The van der Waals surface area contributed by atoms with Crippen LogP contribution in [0.5, 0.6) is 5.75 Å². The minimum atomic E-state index is -4.33. The van der Waals surface area contributed by atoms with Crippen molar-refractivity contribution in [2.24, 2.45) is 0 Å². The lowest BCUT2D eigenvalue weighted by Crippen LogP contribution is -2.45. The van der Waals surface area contributed by atoms with E-state index in [0.717, 1.165) is 15.9 Å². The highest BCUT2D eigenvalue weighted by atomic mass is 79.9. The number of hydrogen-bond acceptors (Lipinski definition) is 5. The van der Waals surface area contributed by atoms with E-state index in [1.54, 1.807) is 39.3 Å². The lowest BCUT2D eigenvalue weighted by molar-refractivity contribution is -0.650. The summed E-state index contributed by atoms with van der Waals surface area (Å²) in [4.78, 5) is -0.0851. The number of halogens is 1. The quantitative estimate of drug-likeness (QED) is 0.358. The van der Waals surface area contributed by atoms with E-state index in [2.05, 4.69) is 15.9 Å². The lowest BCUT2D eigenvalue weighted by Gasteiger charge is -2.14. The van der Waals surface area contributed by atoms with Crippen molar-refractivity contribution in [3.63, 3.8) is 0 Å². The lowest BCUT2D eigenvalue weighted by atomic mass is 10.1. The number of pyridine rings is 1. The molecule has 0 aliphatic rings. The molecule has 2 aromatic rings. The second-order valence-corrected chi connectivity index (χ2v) is 7.11. The van der Waals surface area contributed by atoms with Crippen LogP contribution in [0.3, 0.4) is 0 Å². The van der Waals surface area contributed by atoms with Crippen LogP contribution in [0.1, 0.15) is 16.7 Å². The fourth-order valence-electron chi connectivity index (χ4n) is 2.16. The molecule has 0 radical (unpaired) electrons. The molecular formula is C15H19BrN2O4S. The van der Waals surface area contributed by atoms with Gasteiger partial charge in [-0.05, 0) is 38.0 Å². The second-order valence-electron chi connectivity index (χ2n) is 4.98. The first-order valence-electron chi connectivity index (χ1n) is 6.60. The third kappa shape index (κ3) is 5.49. The molecule has 0 atom stereocenters. The molecule has 126 valence electrons. The van der Waals surface area contributed by atoms with E-state index >= 15 is 0 Å². The van der Waals surface area contributed by atoms with Crippen molar-refractivity contribution in [3.05, 3.63) is 51.8 Å². The molecule has 1 aromatic heterocycles. The summed E-state index contributed by atoms with van der Waals surface area (Å²) in [5.74, 6) is 6.23. The molecule has 2 N–H and O–H groups in total. The van der Waals surface area contributed by atoms with E-state index in [-0.39, 0.29) is 4.90 Å². The zero-order valence-corrected chi connectivity index (χ0v) is 15.7. The molecule has 6 nitrogen and oxygen atoms in total. The van der Waals surface area contributed by atoms with E-state index in [1.165, 1.54) is 4.68 Å². The molecule has 1 heterocycles. The highest BCUT2D eigenvalue weighted by Gasteiger charge is 2.09. The van der Waals surface area contributed by atoms with Crippen molar-refractivity contribution in [2.45, 2.75) is 25.7 Å². The maximum Gasteiger partial charge on any atom is 0.277 e. The first-order chi connectivity index (χ1) is 10.6. The number of nitrogens with zero attached hydrogens (tertiary/aromatic N) is 1. The van der Waals surface area contributed by atoms with Crippen LogP contribution in [-0.2, 0) is 10.1 Å². The summed E-state index contributed by atoms with van der Waals surface area (Å²) < 4.78 is 39.7. The van der Waals surface area contributed by atoms with Crippen molar-refractivity contribution in [2.75, 3.05) is 13.0 Å². The summed E-state index contributed by atoms with van der Waals surface area (Å²) in [5.41, 5.74) is 2.00. The Labute approximate surface area is 144 Å². The molecule has 0 fully saturated rings. The van der Waals surface area contributed by atoms with Crippen molar-refractivity contribution >= 4 is 26.0 Å². The number of aromatic nitrogens is 1. The Hall–Kier alpha value is -1.64. The van der Waals surface area contributed by atoms with Crippen LogP contribution < -0.4 is 15.3 Å². The van der Waals surface area contributed by atoms with E-state index in [4.69, 9.17) is 10.6 Å². The van der Waals surface area contributed by atoms with Crippen molar-refractivity contribution in [3.8, 4) is 5.75 Å². The third-order valence-electron chi connectivity index (χ3n) is 2.99. The van der Waals surface area contributed by atoms with Crippen LogP contribution in [0.25, 0.3) is 0 Å². The summed E-state index contributed by atoms with van der Waals surface area (Å²) in [5, 5.41) is 0. The SMILES string of the molecule is COc1ccc(Br)[n+](N)c1.Cc1cc(C)c(S(=O)(=O)[O-])c(C)c1. The topological polar surface area (TPSA) is 96.3 Å². The van der Waals surface area contributed by atoms with Gasteiger partial charge in [0.15, 0.2) is 5.75 Å². The van der Waals surface area contributed by atoms with Crippen LogP contribution >= 0.6 is 15.9 Å². The van der Waals surface area contributed by atoms with E-state index in [0.29, 0.717) is 11.1 Å². The first kappa shape index (κ1) is 19.4. The van der Waals surface area contributed by atoms with E-state index < -0.39 is 10.1 Å². The standard InChI is InChI=1S/C9H12O3S.C6H8BrN2O/c1-6-4-7(2)9(8(3)5-6)13(10,11)12;1-10-5-2-3-6(7)9(8)4-5/h4-5H,1-3H3,(H,10,11,12);2-4H,8H2,1H3/q;+1/p-1. The Kier molecular flexibility index (Phi) is 6.55. The first-order valence-corrected chi connectivity index (χ1v) is 8.80. The minimum absolute atomic E-state index is 0.0851. The molecule has 0 saturated carbocycles. The number of ether oxygens (including phenoxy) is 1. The molecule has 8 heteroatoms. The summed E-state index contributed by atoms with van der Waals surface area (Å²) in [7, 11) is -2.73. The fraction of sp³-hybridized carbons (Fsp3) is 0.267. The Morgan fingerprint density at radius 1 is 1.17 bits per heavy atom. The second kappa shape index (κ2) is 7.76. The molecule has 0 saturated heterocycles. The van der Waals surface area contributed by atoms with Crippen molar-refractivity contribution < 1.29 is 22.4 Å². The number of nitrogen functional groups attached to an aromatic ring is 1. The number of methoxy groups -OCH3 is 1. The number of aryl methyl sites for hydroxylation is 3. The Morgan fingerprint density at radius 3 is 2.09 bits per heavy atom. The molecule has 0 aliphatic heterocycles. The summed E-state index contributed by atoms with van der Waals surface area (Å²) in [6.45, 7) is 5.12. The van der Waals surface area contributed by atoms with Gasteiger partial charge in [0.2, 0.25) is 6.20 Å². The Bertz CT molecular complexity index is 784. The Morgan fingerprint density at radius 2 is 1.70 bits per heavy atom. The van der Waals surface area contributed by atoms with Gasteiger partial charge in [-0.25, -0.2) is 14.3 Å². The molecule has 23 heavy (non-hydrogen) atoms. The highest BCUT2D eigenvalue weighted by Crippen LogP contribution is 2.20. The number of nitrogens with two attached hydrogens (primary N) is 1. The smallest absolute Gasteiger partial charge is 0.277 e. The molecule has 0 aliphatic carbocycles. The maximum absolute atomic E-state index is 10.8. The Balaban J connectivity index is 0.000000238.